The van der Waals surface area contributed by atoms with Gasteiger partial charge in [0.2, 0.25) is 10.0 Å². The molecular formula is C16H22N2O4SSi. The molecule has 130 valence electrons. The summed E-state index contributed by atoms with van der Waals surface area (Å²) in [4.78, 5) is 10.2. The number of hydrogen-bond acceptors (Lipinski definition) is 4. The molecule has 0 radical (unpaired) electrons. The molecule has 1 aliphatic heterocycles. The third kappa shape index (κ3) is 4.00. The van der Waals surface area contributed by atoms with Crippen molar-refractivity contribution >= 4 is 23.8 Å². The molecule has 0 aliphatic carbocycles. The van der Waals surface area contributed by atoms with Crippen LogP contribution >= 0.6 is 0 Å². The quantitative estimate of drug-likeness (QED) is 0.346. The normalized spacial score (nSPS) is 21.1. The van der Waals surface area contributed by atoms with Gasteiger partial charge in [0.15, 0.2) is 0 Å². The average Bonchev–Trinajstić information content (AvgIpc) is 2.89. The van der Waals surface area contributed by atoms with Crippen molar-refractivity contribution in [2.75, 3.05) is 6.54 Å². The summed E-state index contributed by atoms with van der Waals surface area (Å²) >= 11 is 0. The zero-order valence-corrected chi connectivity index (χ0v) is 15.9. The molecule has 1 aromatic rings. The van der Waals surface area contributed by atoms with Crippen LogP contribution in [0, 0.1) is 10.1 Å². The van der Waals surface area contributed by atoms with Gasteiger partial charge in [0.05, 0.1) is 17.9 Å². The Morgan fingerprint density at radius 3 is 2.33 bits per heavy atom. The molecule has 24 heavy (non-hydrogen) atoms. The lowest BCUT2D eigenvalue weighted by Gasteiger charge is -2.21. The van der Waals surface area contributed by atoms with E-state index in [0.29, 0.717) is 13.0 Å². The van der Waals surface area contributed by atoms with Crippen LogP contribution in [-0.4, -0.2) is 38.3 Å². The van der Waals surface area contributed by atoms with Gasteiger partial charge >= 0.3 is 0 Å². The first-order valence-electron chi connectivity index (χ1n) is 7.64. The van der Waals surface area contributed by atoms with Gasteiger partial charge in [-0.05, 0) is 18.6 Å². The first kappa shape index (κ1) is 18.6. The van der Waals surface area contributed by atoms with E-state index in [4.69, 9.17) is 0 Å². The number of nitro groups is 1. The predicted molar refractivity (Wildman–Crippen MR) is 97.0 cm³/mol. The van der Waals surface area contributed by atoms with Crippen LogP contribution < -0.4 is 0 Å². The third-order valence-corrected chi connectivity index (χ3v) is 6.92. The van der Waals surface area contributed by atoms with Crippen LogP contribution in [0.1, 0.15) is 6.42 Å². The molecule has 1 atom stereocenters. The Kier molecular flexibility index (Phi) is 5.12. The van der Waals surface area contributed by atoms with Crippen LogP contribution in [0.5, 0.6) is 0 Å². The Labute approximate surface area is 143 Å². The smallest absolute Gasteiger partial charge is 0.258 e. The number of non-ortho nitro benzene ring substituents is 1. The van der Waals surface area contributed by atoms with Gasteiger partial charge in [0.1, 0.15) is 0 Å². The second-order valence-electron chi connectivity index (χ2n) is 6.98. The van der Waals surface area contributed by atoms with Crippen LogP contribution in [0.2, 0.25) is 19.6 Å². The molecule has 0 bridgehead atoms. The lowest BCUT2D eigenvalue weighted by Crippen LogP contribution is -2.34. The summed E-state index contributed by atoms with van der Waals surface area (Å²) in [5, 5.41) is 10.7. The number of nitrogens with zero attached hydrogens (tertiary/aromatic N) is 2. The number of hydrogen-bond donors (Lipinski definition) is 0. The molecule has 8 heteroatoms. The highest BCUT2D eigenvalue weighted by molar-refractivity contribution is 7.89. The molecule has 1 heterocycles. The third-order valence-electron chi connectivity index (χ3n) is 3.76. The maximum absolute atomic E-state index is 12.9. The lowest BCUT2D eigenvalue weighted by molar-refractivity contribution is -0.384. The van der Waals surface area contributed by atoms with Gasteiger partial charge in [-0.15, -0.1) is 6.58 Å². The lowest BCUT2D eigenvalue weighted by atomic mass is 10.2. The minimum atomic E-state index is -3.72. The van der Waals surface area contributed by atoms with Crippen LogP contribution in [0.15, 0.2) is 53.1 Å². The standard InChI is InChI=1S/C16H22N2O4SSi/c1-5-14-10-13(12-24(2,3)4)11-17(14)23(21,22)16-8-6-15(7-9-16)18(19)20/h5-9,12,14H,1,10-11H2,2-4H3/b13-12-/t14-/m1/s1. The molecule has 0 N–H and O–H groups in total. The molecule has 0 aromatic heterocycles. The SMILES string of the molecule is C=C[C@@H]1C/C(=C/[Si](C)(C)C)CN1S(=O)(=O)c1ccc([N+](=O)[O-])cc1. The highest BCUT2D eigenvalue weighted by Gasteiger charge is 2.36. The molecule has 0 unspecified atom stereocenters. The number of rotatable bonds is 5. The Hall–Kier alpha value is -1.77. The highest BCUT2D eigenvalue weighted by Crippen LogP contribution is 2.31. The van der Waals surface area contributed by atoms with E-state index >= 15 is 0 Å². The van der Waals surface area contributed by atoms with E-state index < -0.39 is 23.0 Å². The topological polar surface area (TPSA) is 80.5 Å². The molecular weight excluding hydrogens is 344 g/mol. The summed E-state index contributed by atoms with van der Waals surface area (Å²) in [5.74, 6) is 0. The second kappa shape index (κ2) is 6.62. The Balaban J connectivity index is 2.35. The van der Waals surface area contributed by atoms with Gasteiger partial charge < -0.3 is 0 Å². The zero-order chi connectivity index (χ0) is 18.1. The minimum Gasteiger partial charge on any atom is -0.258 e. The second-order valence-corrected chi connectivity index (χ2v) is 13.9. The molecule has 2 rings (SSSR count). The first-order valence-corrected chi connectivity index (χ1v) is 12.7. The van der Waals surface area contributed by atoms with Crippen molar-refractivity contribution in [2.45, 2.75) is 37.0 Å². The van der Waals surface area contributed by atoms with Gasteiger partial charge in [-0.2, -0.15) is 4.31 Å². The fraction of sp³-hybridized carbons (Fsp3) is 0.375. The van der Waals surface area contributed by atoms with Crippen LogP contribution in [-0.2, 0) is 10.0 Å². The van der Waals surface area contributed by atoms with Crippen LogP contribution in [0.4, 0.5) is 5.69 Å². The van der Waals surface area contributed by atoms with Crippen LogP contribution in [0.3, 0.4) is 0 Å². The zero-order valence-electron chi connectivity index (χ0n) is 14.1. The summed E-state index contributed by atoms with van der Waals surface area (Å²) in [6, 6.07) is 4.71. The van der Waals surface area contributed by atoms with Gasteiger partial charge in [0, 0.05) is 24.7 Å². The highest BCUT2D eigenvalue weighted by atomic mass is 32.2. The van der Waals surface area contributed by atoms with Crippen LogP contribution in [0.25, 0.3) is 0 Å². The van der Waals surface area contributed by atoms with Gasteiger partial charge in [-0.3, -0.25) is 10.1 Å². The average molecular weight is 367 g/mol. The van der Waals surface area contributed by atoms with E-state index in [-0.39, 0.29) is 16.6 Å². The summed E-state index contributed by atoms with van der Waals surface area (Å²) < 4.78 is 27.2. The van der Waals surface area contributed by atoms with E-state index in [9.17, 15) is 18.5 Å². The Morgan fingerprint density at radius 1 is 1.29 bits per heavy atom. The fourth-order valence-electron chi connectivity index (χ4n) is 2.81. The van der Waals surface area contributed by atoms with Crippen molar-refractivity contribution in [1.82, 2.24) is 4.31 Å². The van der Waals surface area contributed by atoms with E-state index in [1.807, 2.05) is 0 Å². The van der Waals surface area contributed by atoms with Crippen molar-refractivity contribution in [3.8, 4) is 0 Å². The van der Waals surface area contributed by atoms with Crippen molar-refractivity contribution in [3.05, 3.63) is 58.3 Å². The molecule has 1 saturated heterocycles. The summed E-state index contributed by atoms with van der Waals surface area (Å²) in [6.07, 6.45) is 2.30. The molecule has 6 nitrogen and oxygen atoms in total. The molecule has 0 spiro atoms. The Morgan fingerprint density at radius 2 is 1.88 bits per heavy atom. The largest absolute Gasteiger partial charge is 0.269 e. The van der Waals surface area contributed by atoms with Gasteiger partial charge in [-0.1, -0.05) is 37.0 Å². The van der Waals surface area contributed by atoms with Crippen molar-refractivity contribution in [1.29, 1.82) is 0 Å². The van der Waals surface area contributed by atoms with Crippen molar-refractivity contribution in [3.63, 3.8) is 0 Å². The summed E-state index contributed by atoms with van der Waals surface area (Å²) in [5.41, 5.74) is 3.22. The van der Waals surface area contributed by atoms with E-state index in [0.717, 1.165) is 5.57 Å². The maximum atomic E-state index is 12.9. The van der Waals surface area contributed by atoms with Gasteiger partial charge in [0.25, 0.3) is 5.69 Å². The maximum Gasteiger partial charge on any atom is 0.269 e. The van der Waals surface area contributed by atoms with E-state index in [2.05, 4.69) is 31.9 Å². The molecule has 1 aliphatic rings. The predicted octanol–water partition coefficient (Wildman–Crippen LogP) is 3.35. The molecule has 1 fully saturated rings. The Bertz CT molecular complexity index is 779. The minimum absolute atomic E-state index is 0.0641. The fourth-order valence-corrected chi connectivity index (χ4v) is 5.85. The first-order chi connectivity index (χ1) is 11.0. The van der Waals surface area contributed by atoms with E-state index in [1.165, 1.54) is 28.6 Å². The van der Waals surface area contributed by atoms with Gasteiger partial charge in [-0.25, -0.2) is 8.42 Å². The number of benzene rings is 1. The van der Waals surface area contributed by atoms with Crippen molar-refractivity contribution < 1.29 is 13.3 Å². The van der Waals surface area contributed by atoms with Crippen molar-refractivity contribution in [2.24, 2.45) is 0 Å². The monoisotopic (exact) mass is 366 g/mol. The molecule has 0 saturated carbocycles. The molecule has 0 amide bonds. The summed E-state index contributed by atoms with van der Waals surface area (Å²) in [6.45, 7) is 10.7. The number of sulfonamides is 1. The van der Waals surface area contributed by atoms with E-state index in [1.54, 1.807) is 6.08 Å². The molecule has 1 aromatic carbocycles. The number of nitro benzene ring substituents is 1. The summed E-state index contributed by atoms with van der Waals surface area (Å²) in [7, 11) is -5.16.